The van der Waals surface area contributed by atoms with Crippen molar-refractivity contribution < 1.29 is 19.2 Å². The van der Waals surface area contributed by atoms with Gasteiger partial charge in [0, 0.05) is 23.2 Å². The van der Waals surface area contributed by atoms with Crippen LogP contribution in [0.4, 0.5) is 10.5 Å². The number of benzene rings is 1. The largest absolute Gasteiger partial charge is 0.334 e. The summed E-state index contributed by atoms with van der Waals surface area (Å²) in [4.78, 5) is 54.0. The molecule has 1 aromatic rings. The number of rotatable bonds is 4. The van der Waals surface area contributed by atoms with Gasteiger partial charge in [0.1, 0.15) is 6.54 Å². The van der Waals surface area contributed by atoms with Crippen LogP contribution >= 0.6 is 11.8 Å². The van der Waals surface area contributed by atoms with E-state index in [-0.39, 0.29) is 18.4 Å². The highest BCUT2D eigenvalue weighted by Crippen LogP contribution is 2.37. The van der Waals surface area contributed by atoms with Crippen LogP contribution in [0.15, 0.2) is 29.2 Å². The molecule has 1 saturated heterocycles. The number of para-hydroxylation sites is 1. The number of urea groups is 1. The first kappa shape index (κ1) is 19.4. The lowest BCUT2D eigenvalue weighted by Crippen LogP contribution is -2.44. The Kier molecular flexibility index (Phi) is 5.55. The molecule has 5 amide bonds. The Labute approximate surface area is 162 Å². The van der Waals surface area contributed by atoms with Gasteiger partial charge >= 0.3 is 17.8 Å². The third-order valence-electron chi connectivity index (χ3n) is 4.52. The molecule has 7 nitrogen and oxygen atoms in total. The predicted molar refractivity (Wildman–Crippen MR) is 102 cm³/mol. The average molecular weight is 389 g/mol. The summed E-state index contributed by atoms with van der Waals surface area (Å²) in [6.45, 7) is 6.05. The van der Waals surface area contributed by atoms with Crippen LogP contribution in [-0.4, -0.2) is 58.4 Å². The van der Waals surface area contributed by atoms with Crippen molar-refractivity contribution in [3.05, 3.63) is 24.3 Å². The monoisotopic (exact) mass is 389 g/mol. The summed E-state index contributed by atoms with van der Waals surface area (Å²) in [5.74, 6) is -2.11. The standard InChI is InChI=1S/C19H23N3O4S/c1-12(2)10-21-17(24)18(25)22(19(21)26)11-16(23)20-9-8-13(3)27-15-7-5-4-6-14(15)20/h4-7,12-13H,8-11H2,1-3H3. The maximum Gasteiger partial charge on any atom is 0.334 e. The van der Waals surface area contributed by atoms with Crippen LogP contribution in [0.5, 0.6) is 0 Å². The number of nitrogens with zero attached hydrogens (tertiary/aromatic N) is 3. The van der Waals surface area contributed by atoms with Gasteiger partial charge in [-0.3, -0.25) is 19.3 Å². The first-order chi connectivity index (χ1) is 12.8. The second-order valence-electron chi connectivity index (χ2n) is 7.21. The van der Waals surface area contributed by atoms with Crippen LogP contribution in [0.2, 0.25) is 0 Å². The minimum atomic E-state index is -0.931. The summed E-state index contributed by atoms with van der Waals surface area (Å²) < 4.78 is 0. The summed E-state index contributed by atoms with van der Waals surface area (Å²) >= 11 is 1.70. The lowest BCUT2D eigenvalue weighted by Gasteiger charge is -2.24. The van der Waals surface area contributed by atoms with Crippen LogP contribution in [0.3, 0.4) is 0 Å². The van der Waals surface area contributed by atoms with E-state index in [0.29, 0.717) is 11.8 Å². The minimum absolute atomic E-state index is 0.0392. The fourth-order valence-corrected chi connectivity index (χ4v) is 4.30. The van der Waals surface area contributed by atoms with E-state index in [0.717, 1.165) is 26.8 Å². The summed E-state index contributed by atoms with van der Waals surface area (Å²) in [5, 5.41) is 0.349. The fourth-order valence-electron chi connectivity index (χ4n) is 3.18. The van der Waals surface area contributed by atoms with E-state index in [1.165, 1.54) is 0 Å². The van der Waals surface area contributed by atoms with E-state index in [1.807, 2.05) is 38.1 Å². The number of carbonyl (C=O) groups excluding carboxylic acids is 4. The van der Waals surface area contributed by atoms with Gasteiger partial charge in [-0.1, -0.05) is 32.9 Å². The Hall–Kier alpha value is -2.35. The van der Waals surface area contributed by atoms with Crippen molar-refractivity contribution >= 4 is 41.2 Å². The Morgan fingerprint density at radius 1 is 1.15 bits per heavy atom. The smallest absolute Gasteiger partial charge is 0.310 e. The van der Waals surface area contributed by atoms with Gasteiger partial charge < -0.3 is 4.90 Å². The molecule has 0 aliphatic carbocycles. The molecular formula is C19H23N3O4S. The van der Waals surface area contributed by atoms with E-state index in [2.05, 4.69) is 6.92 Å². The zero-order valence-corrected chi connectivity index (χ0v) is 16.5. The maximum atomic E-state index is 12.9. The molecule has 8 heteroatoms. The number of thioether (sulfide) groups is 1. The molecule has 0 radical (unpaired) electrons. The lowest BCUT2D eigenvalue weighted by molar-refractivity contribution is -0.144. The zero-order chi connectivity index (χ0) is 19.7. The van der Waals surface area contributed by atoms with Crippen molar-refractivity contribution in [1.82, 2.24) is 9.80 Å². The molecule has 1 fully saturated rings. The minimum Gasteiger partial charge on any atom is -0.310 e. The van der Waals surface area contributed by atoms with E-state index >= 15 is 0 Å². The molecule has 0 aromatic heterocycles. The van der Waals surface area contributed by atoms with E-state index in [1.54, 1.807) is 16.7 Å². The highest BCUT2D eigenvalue weighted by Gasteiger charge is 2.45. The number of amides is 5. The van der Waals surface area contributed by atoms with E-state index < -0.39 is 24.4 Å². The Morgan fingerprint density at radius 2 is 1.81 bits per heavy atom. The van der Waals surface area contributed by atoms with Crippen molar-refractivity contribution in [2.75, 3.05) is 24.5 Å². The number of carbonyl (C=O) groups is 4. The topological polar surface area (TPSA) is 78.0 Å². The van der Waals surface area contributed by atoms with Gasteiger partial charge in [0.05, 0.1) is 5.69 Å². The molecule has 2 aliphatic heterocycles. The predicted octanol–water partition coefficient (Wildman–Crippen LogP) is 2.35. The summed E-state index contributed by atoms with van der Waals surface area (Å²) in [5.41, 5.74) is 0.779. The molecular weight excluding hydrogens is 366 g/mol. The van der Waals surface area contributed by atoms with E-state index in [4.69, 9.17) is 0 Å². The quantitative estimate of drug-likeness (QED) is 0.583. The molecule has 2 heterocycles. The molecule has 144 valence electrons. The van der Waals surface area contributed by atoms with Gasteiger partial charge in [-0.15, -0.1) is 11.8 Å². The first-order valence-corrected chi connectivity index (χ1v) is 9.91. The highest BCUT2D eigenvalue weighted by molar-refractivity contribution is 8.00. The number of hydrogen-bond acceptors (Lipinski definition) is 5. The third kappa shape index (κ3) is 3.85. The Balaban J connectivity index is 1.80. The van der Waals surface area contributed by atoms with Crippen molar-refractivity contribution in [3.63, 3.8) is 0 Å². The lowest BCUT2D eigenvalue weighted by atomic mass is 10.2. The molecule has 0 spiro atoms. The number of fused-ring (bicyclic) bond motifs is 1. The Bertz CT molecular complexity index is 795. The molecule has 0 N–H and O–H groups in total. The van der Waals surface area contributed by atoms with Gasteiger partial charge in [0.25, 0.3) is 0 Å². The average Bonchev–Trinajstić information content (AvgIpc) is 2.77. The normalized spacial score (nSPS) is 20.4. The van der Waals surface area contributed by atoms with Crippen molar-refractivity contribution in [3.8, 4) is 0 Å². The van der Waals surface area contributed by atoms with Crippen molar-refractivity contribution in [1.29, 1.82) is 0 Å². The molecule has 0 bridgehead atoms. The van der Waals surface area contributed by atoms with Gasteiger partial charge in [-0.05, 0) is 24.5 Å². The van der Waals surface area contributed by atoms with Gasteiger partial charge in [0.2, 0.25) is 5.91 Å². The van der Waals surface area contributed by atoms with Crippen LogP contribution in [0.1, 0.15) is 27.2 Å². The van der Waals surface area contributed by atoms with Crippen molar-refractivity contribution in [2.45, 2.75) is 37.3 Å². The summed E-state index contributed by atoms with van der Waals surface area (Å²) in [6.07, 6.45) is 0.797. The zero-order valence-electron chi connectivity index (χ0n) is 15.7. The van der Waals surface area contributed by atoms with Crippen LogP contribution < -0.4 is 4.90 Å². The van der Waals surface area contributed by atoms with E-state index in [9.17, 15) is 19.2 Å². The second kappa shape index (κ2) is 7.72. The first-order valence-electron chi connectivity index (χ1n) is 9.03. The molecule has 1 atom stereocenters. The highest BCUT2D eigenvalue weighted by atomic mass is 32.2. The van der Waals surface area contributed by atoms with Crippen LogP contribution in [-0.2, 0) is 14.4 Å². The summed E-state index contributed by atoms with van der Waals surface area (Å²) in [6, 6.07) is 6.89. The van der Waals surface area contributed by atoms with Gasteiger partial charge in [0.15, 0.2) is 0 Å². The number of anilines is 1. The molecule has 2 aliphatic rings. The third-order valence-corrected chi connectivity index (χ3v) is 5.76. The Morgan fingerprint density at radius 3 is 2.52 bits per heavy atom. The van der Waals surface area contributed by atoms with Crippen molar-refractivity contribution in [2.24, 2.45) is 5.92 Å². The number of hydrogen-bond donors (Lipinski definition) is 0. The molecule has 1 unspecified atom stereocenters. The number of imide groups is 2. The molecule has 1 aromatic carbocycles. The fraction of sp³-hybridized carbons (Fsp3) is 0.474. The maximum absolute atomic E-state index is 12.9. The molecule has 27 heavy (non-hydrogen) atoms. The SMILES string of the molecule is CC(C)CN1C(=O)C(=O)N(CC(=O)N2CCC(C)Sc3ccccc32)C1=O. The second-order valence-corrected chi connectivity index (χ2v) is 8.69. The molecule has 0 saturated carbocycles. The van der Waals surface area contributed by atoms with Crippen LogP contribution in [0, 0.1) is 5.92 Å². The van der Waals surface area contributed by atoms with Gasteiger partial charge in [-0.25, -0.2) is 9.69 Å². The van der Waals surface area contributed by atoms with Gasteiger partial charge in [-0.2, -0.15) is 0 Å². The molecule has 3 rings (SSSR count). The summed E-state index contributed by atoms with van der Waals surface area (Å²) in [7, 11) is 0. The van der Waals surface area contributed by atoms with Crippen LogP contribution in [0.25, 0.3) is 0 Å².